The van der Waals surface area contributed by atoms with E-state index in [4.69, 9.17) is 17.3 Å². The zero-order chi connectivity index (χ0) is 11.7. The summed E-state index contributed by atoms with van der Waals surface area (Å²) in [5.41, 5.74) is 8.09. The van der Waals surface area contributed by atoms with Gasteiger partial charge in [0.25, 0.3) is 0 Å². The van der Waals surface area contributed by atoms with E-state index in [-0.39, 0.29) is 18.2 Å². The van der Waals surface area contributed by atoms with Crippen molar-refractivity contribution in [2.24, 2.45) is 0 Å². The molecule has 0 spiro atoms. The second-order valence-electron chi connectivity index (χ2n) is 3.58. The van der Waals surface area contributed by atoms with E-state index in [0.717, 1.165) is 5.69 Å². The molecule has 3 N–H and O–H groups in total. The molecule has 1 heterocycles. The van der Waals surface area contributed by atoms with Crippen LogP contribution in [-0.2, 0) is 0 Å². The van der Waals surface area contributed by atoms with Gasteiger partial charge in [-0.3, -0.25) is 4.79 Å². The molecule has 0 bridgehead atoms. The fraction of sp³-hybridized carbons (Fsp3) is 0.0833. The molecule has 5 heteroatoms. The van der Waals surface area contributed by atoms with E-state index in [9.17, 15) is 4.79 Å². The Morgan fingerprint density at radius 2 is 1.88 bits per heavy atom. The van der Waals surface area contributed by atoms with Crippen LogP contribution in [0.5, 0.6) is 0 Å². The van der Waals surface area contributed by atoms with Gasteiger partial charge < -0.3 is 10.7 Å². The number of nitrogens with two attached hydrogens (primary N) is 1. The molecule has 0 saturated carbocycles. The summed E-state index contributed by atoms with van der Waals surface area (Å²) in [6.45, 7) is 1.82. The third kappa shape index (κ3) is 2.62. The number of aromatic amines is 1. The molecule has 1 aromatic heterocycles. The Kier molecular flexibility index (Phi) is 4.21. The number of anilines is 1. The number of carbonyl (C=O) groups excluding carboxylic acids is 1. The quantitative estimate of drug-likeness (QED) is 0.824. The minimum atomic E-state index is -0.0899. The highest BCUT2D eigenvalue weighted by atomic mass is 35.5. The number of hydrogen-bond donors (Lipinski definition) is 2. The summed E-state index contributed by atoms with van der Waals surface area (Å²) >= 11 is 5.76. The number of H-pyrrole nitrogens is 1. The number of aryl methyl sites for hydroxylation is 1. The van der Waals surface area contributed by atoms with Crippen molar-refractivity contribution in [1.29, 1.82) is 0 Å². The Morgan fingerprint density at radius 3 is 2.35 bits per heavy atom. The molecule has 0 aliphatic rings. The molecular formula is C12H12Cl2N2O. The Hall–Kier alpha value is -1.45. The second-order valence-corrected chi connectivity index (χ2v) is 4.02. The Morgan fingerprint density at radius 1 is 1.29 bits per heavy atom. The van der Waals surface area contributed by atoms with Gasteiger partial charge in [-0.15, -0.1) is 12.4 Å². The predicted octanol–water partition coefficient (Wildman–Crippen LogP) is 3.21. The topological polar surface area (TPSA) is 58.9 Å². The fourth-order valence-corrected chi connectivity index (χ4v) is 1.72. The number of ketones is 1. The number of halogens is 2. The first kappa shape index (κ1) is 13.6. The lowest BCUT2D eigenvalue weighted by Crippen LogP contribution is -2.04. The summed E-state index contributed by atoms with van der Waals surface area (Å²) in [5.74, 6) is -0.0899. The molecule has 0 saturated heterocycles. The average molecular weight is 271 g/mol. The average Bonchev–Trinajstić information content (AvgIpc) is 2.59. The molecule has 0 aliphatic heterocycles. The van der Waals surface area contributed by atoms with Crippen LogP contribution in [0.15, 0.2) is 30.5 Å². The molecule has 0 atom stereocenters. The van der Waals surface area contributed by atoms with Gasteiger partial charge in [0.1, 0.15) is 0 Å². The molecule has 3 nitrogen and oxygen atoms in total. The first-order chi connectivity index (χ1) is 7.59. The van der Waals surface area contributed by atoms with Gasteiger partial charge in [0.2, 0.25) is 0 Å². The SMILES string of the molecule is Cc1[nH]cc(N)c1C(=O)c1ccc(Cl)cc1.Cl. The minimum Gasteiger partial charge on any atom is -0.397 e. The maximum atomic E-state index is 12.1. The van der Waals surface area contributed by atoms with E-state index in [1.165, 1.54) is 0 Å². The van der Waals surface area contributed by atoms with E-state index in [2.05, 4.69) is 4.98 Å². The van der Waals surface area contributed by atoms with Crippen molar-refractivity contribution in [2.45, 2.75) is 6.92 Å². The number of nitrogens with one attached hydrogen (secondary N) is 1. The van der Waals surface area contributed by atoms with E-state index in [1.54, 1.807) is 30.5 Å². The molecule has 90 valence electrons. The minimum absolute atomic E-state index is 0. The van der Waals surface area contributed by atoms with Crippen molar-refractivity contribution < 1.29 is 4.79 Å². The Labute approximate surface area is 110 Å². The number of aromatic nitrogens is 1. The number of hydrogen-bond acceptors (Lipinski definition) is 2. The van der Waals surface area contributed by atoms with E-state index in [0.29, 0.717) is 21.8 Å². The fourth-order valence-electron chi connectivity index (χ4n) is 1.59. The number of carbonyl (C=O) groups is 1. The smallest absolute Gasteiger partial charge is 0.196 e. The third-order valence-electron chi connectivity index (χ3n) is 2.44. The van der Waals surface area contributed by atoms with Crippen molar-refractivity contribution in [3.8, 4) is 0 Å². The van der Waals surface area contributed by atoms with Gasteiger partial charge in [0, 0.05) is 22.5 Å². The van der Waals surface area contributed by atoms with Crippen LogP contribution < -0.4 is 5.73 Å². The molecular weight excluding hydrogens is 259 g/mol. The van der Waals surface area contributed by atoms with Crippen LogP contribution >= 0.6 is 24.0 Å². The van der Waals surface area contributed by atoms with E-state index >= 15 is 0 Å². The molecule has 2 aromatic rings. The lowest BCUT2D eigenvalue weighted by molar-refractivity contribution is 0.103. The van der Waals surface area contributed by atoms with Crippen molar-refractivity contribution >= 4 is 35.5 Å². The highest BCUT2D eigenvalue weighted by Crippen LogP contribution is 2.20. The van der Waals surface area contributed by atoms with Crippen molar-refractivity contribution in [2.75, 3.05) is 5.73 Å². The van der Waals surface area contributed by atoms with Gasteiger partial charge in [-0.2, -0.15) is 0 Å². The number of rotatable bonds is 2. The largest absolute Gasteiger partial charge is 0.397 e. The lowest BCUT2D eigenvalue weighted by atomic mass is 10.0. The summed E-state index contributed by atoms with van der Waals surface area (Å²) in [4.78, 5) is 15.0. The van der Waals surface area contributed by atoms with Gasteiger partial charge in [-0.05, 0) is 31.2 Å². The van der Waals surface area contributed by atoms with Crippen molar-refractivity contribution in [3.05, 3.63) is 52.3 Å². The van der Waals surface area contributed by atoms with Crippen LogP contribution in [0.4, 0.5) is 5.69 Å². The van der Waals surface area contributed by atoms with Crippen LogP contribution in [0.2, 0.25) is 5.02 Å². The van der Waals surface area contributed by atoms with Gasteiger partial charge in [0.05, 0.1) is 11.3 Å². The van der Waals surface area contributed by atoms with Gasteiger partial charge in [-0.25, -0.2) is 0 Å². The van der Waals surface area contributed by atoms with Crippen molar-refractivity contribution in [3.63, 3.8) is 0 Å². The number of nitrogen functional groups attached to an aromatic ring is 1. The van der Waals surface area contributed by atoms with Crippen molar-refractivity contribution in [1.82, 2.24) is 4.98 Å². The first-order valence-electron chi connectivity index (χ1n) is 4.83. The predicted molar refractivity (Wildman–Crippen MR) is 72.1 cm³/mol. The van der Waals surface area contributed by atoms with Crippen LogP contribution in [0.3, 0.4) is 0 Å². The van der Waals surface area contributed by atoms with Crippen LogP contribution in [-0.4, -0.2) is 10.8 Å². The molecule has 0 aliphatic carbocycles. The van der Waals surface area contributed by atoms with E-state index < -0.39 is 0 Å². The van der Waals surface area contributed by atoms with Crippen LogP contribution in [0.1, 0.15) is 21.6 Å². The van der Waals surface area contributed by atoms with Crippen LogP contribution in [0.25, 0.3) is 0 Å². The van der Waals surface area contributed by atoms with Crippen LogP contribution in [0, 0.1) is 6.92 Å². The first-order valence-corrected chi connectivity index (χ1v) is 5.21. The maximum Gasteiger partial charge on any atom is 0.196 e. The van der Waals surface area contributed by atoms with Gasteiger partial charge in [0.15, 0.2) is 5.78 Å². The molecule has 0 unspecified atom stereocenters. The second kappa shape index (κ2) is 5.25. The molecule has 0 fully saturated rings. The summed E-state index contributed by atoms with van der Waals surface area (Å²) in [6, 6.07) is 6.76. The molecule has 2 rings (SSSR count). The molecule has 1 aromatic carbocycles. The zero-order valence-electron chi connectivity index (χ0n) is 9.16. The summed E-state index contributed by atoms with van der Waals surface area (Å²) in [5, 5.41) is 0.607. The summed E-state index contributed by atoms with van der Waals surface area (Å²) in [6.07, 6.45) is 1.62. The molecule has 0 amide bonds. The Bertz CT molecular complexity index is 512. The highest BCUT2D eigenvalue weighted by Gasteiger charge is 2.16. The van der Waals surface area contributed by atoms with Gasteiger partial charge >= 0.3 is 0 Å². The Balaban J connectivity index is 0.00000144. The summed E-state index contributed by atoms with van der Waals surface area (Å²) < 4.78 is 0. The monoisotopic (exact) mass is 270 g/mol. The van der Waals surface area contributed by atoms with Gasteiger partial charge in [-0.1, -0.05) is 11.6 Å². The summed E-state index contributed by atoms with van der Waals surface area (Å²) in [7, 11) is 0. The maximum absolute atomic E-state index is 12.1. The highest BCUT2D eigenvalue weighted by molar-refractivity contribution is 6.30. The lowest BCUT2D eigenvalue weighted by Gasteiger charge is -2.02. The normalized spacial score (nSPS) is 9.76. The molecule has 0 radical (unpaired) electrons. The van der Waals surface area contributed by atoms with E-state index in [1.807, 2.05) is 6.92 Å². The molecule has 17 heavy (non-hydrogen) atoms. The zero-order valence-corrected chi connectivity index (χ0v) is 10.7. The third-order valence-corrected chi connectivity index (χ3v) is 2.69. The standard InChI is InChI=1S/C12H11ClN2O.ClH/c1-7-11(10(14)6-15-7)12(16)8-2-4-9(13)5-3-8;/h2-6,15H,14H2,1H3;1H. The number of benzene rings is 1.